The van der Waals surface area contributed by atoms with Crippen molar-refractivity contribution in [2.45, 2.75) is 44.4 Å². The summed E-state index contributed by atoms with van der Waals surface area (Å²) < 4.78 is 0. The van der Waals surface area contributed by atoms with Gasteiger partial charge in [-0.1, -0.05) is 0 Å². The first-order valence-electron chi connectivity index (χ1n) is 7.18. The van der Waals surface area contributed by atoms with E-state index < -0.39 is 0 Å². The lowest BCUT2D eigenvalue weighted by Gasteiger charge is -2.14. The van der Waals surface area contributed by atoms with Crippen molar-refractivity contribution in [2.75, 3.05) is 18.1 Å². The topological polar surface area (TPSA) is 54.0 Å². The summed E-state index contributed by atoms with van der Waals surface area (Å²) in [7, 11) is 0. The highest BCUT2D eigenvalue weighted by molar-refractivity contribution is 7.99. The Kier molecular flexibility index (Phi) is 5.29. The van der Waals surface area contributed by atoms with Crippen molar-refractivity contribution in [1.29, 1.82) is 0 Å². The summed E-state index contributed by atoms with van der Waals surface area (Å²) in [6, 6.07) is 3.99. The third kappa shape index (κ3) is 3.88. The largest absolute Gasteiger partial charge is 0.370 e. The molecule has 0 bridgehead atoms. The van der Waals surface area contributed by atoms with Gasteiger partial charge in [-0.3, -0.25) is 4.79 Å². The van der Waals surface area contributed by atoms with E-state index in [9.17, 15) is 4.79 Å². The Morgan fingerprint density at radius 2 is 2.25 bits per heavy atom. The second-order valence-electron chi connectivity index (χ2n) is 5.25. The summed E-state index contributed by atoms with van der Waals surface area (Å²) in [6.45, 7) is 4.73. The second kappa shape index (κ2) is 6.97. The molecule has 0 aromatic carbocycles. The van der Waals surface area contributed by atoms with Crippen LogP contribution in [0, 0.1) is 6.92 Å². The fraction of sp³-hybridized carbons (Fsp3) is 0.600. The van der Waals surface area contributed by atoms with E-state index in [1.165, 1.54) is 6.42 Å². The Labute approximate surface area is 125 Å². The molecule has 2 rings (SSSR count). The average Bonchev–Trinajstić information content (AvgIpc) is 2.86. The van der Waals surface area contributed by atoms with Crippen LogP contribution in [0.15, 0.2) is 12.1 Å². The third-order valence-corrected chi connectivity index (χ3v) is 4.72. The molecule has 1 heterocycles. The van der Waals surface area contributed by atoms with Crippen LogP contribution in [0.3, 0.4) is 0 Å². The first-order valence-corrected chi connectivity index (χ1v) is 8.47. The van der Waals surface area contributed by atoms with Crippen LogP contribution in [0.5, 0.6) is 0 Å². The van der Waals surface area contributed by atoms with Gasteiger partial charge >= 0.3 is 0 Å². The van der Waals surface area contributed by atoms with Crippen LogP contribution in [0.25, 0.3) is 0 Å². The predicted octanol–water partition coefficient (Wildman–Crippen LogP) is 2.84. The van der Waals surface area contributed by atoms with Gasteiger partial charge in [-0.05, 0) is 51.5 Å². The maximum atomic E-state index is 12.3. The number of carbonyl (C=O) groups is 1. The fourth-order valence-electron chi connectivity index (χ4n) is 2.63. The summed E-state index contributed by atoms with van der Waals surface area (Å²) in [5.41, 5.74) is 1.56. The highest BCUT2D eigenvalue weighted by atomic mass is 32.2. The number of hydrogen-bond donors (Lipinski definition) is 2. The summed E-state index contributed by atoms with van der Waals surface area (Å²) in [4.78, 5) is 16.7. The number of anilines is 1. The molecule has 4 nitrogen and oxygen atoms in total. The molecule has 1 aromatic rings. The minimum atomic E-state index is 0.0152. The summed E-state index contributed by atoms with van der Waals surface area (Å²) in [6.07, 6.45) is 5.51. The molecule has 1 saturated carbocycles. The number of aromatic nitrogens is 1. The van der Waals surface area contributed by atoms with Crippen molar-refractivity contribution in [3.8, 4) is 0 Å². The molecule has 0 saturated heterocycles. The number of nitrogens with one attached hydrogen (secondary N) is 2. The Morgan fingerprint density at radius 3 is 2.90 bits per heavy atom. The summed E-state index contributed by atoms with van der Waals surface area (Å²) >= 11 is 1.90. The van der Waals surface area contributed by atoms with E-state index in [2.05, 4.69) is 21.9 Å². The fourth-order valence-corrected chi connectivity index (χ4v) is 3.42. The molecule has 0 radical (unpaired) electrons. The highest BCUT2D eigenvalue weighted by Crippen LogP contribution is 2.28. The van der Waals surface area contributed by atoms with Crippen molar-refractivity contribution in [2.24, 2.45) is 0 Å². The highest BCUT2D eigenvalue weighted by Gasteiger charge is 2.25. The van der Waals surface area contributed by atoms with Gasteiger partial charge in [-0.15, -0.1) is 0 Å². The second-order valence-corrected chi connectivity index (χ2v) is 6.39. The lowest BCUT2D eigenvalue weighted by Crippen LogP contribution is -2.33. The Morgan fingerprint density at radius 1 is 1.45 bits per heavy atom. The first-order chi connectivity index (χ1) is 9.62. The van der Waals surface area contributed by atoms with Crippen molar-refractivity contribution >= 4 is 23.5 Å². The van der Waals surface area contributed by atoms with Crippen LogP contribution < -0.4 is 10.6 Å². The zero-order chi connectivity index (χ0) is 14.5. The number of thioether (sulfide) groups is 1. The quantitative estimate of drug-likeness (QED) is 0.876. The van der Waals surface area contributed by atoms with Crippen molar-refractivity contribution in [1.82, 2.24) is 10.3 Å². The zero-order valence-electron chi connectivity index (χ0n) is 12.4. The minimum absolute atomic E-state index is 0.0152. The predicted molar refractivity (Wildman–Crippen MR) is 85.5 cm³/mol. The SMILES string of the molecule is CCNc1cc(C(=O)NC2CCC(SC)C2)cc(C)n1. The first kappa shape index (κ1) is 15.2. The van der Waals surface area contributed by atoms with E-state index >= 15 is 0 Å². The van der Waals surface area contributed by atoms with Crippen LogP contribution in [0.1, 0.15) is 42.2 Å². The van der Waals surface area contributed by atoms with Crippen molar-refractivity contribution < 1.29 is 4.79 Å². The lowest BCUT2D eigenvalue weighted by molar-refractivity contribution is 0.0938. The number of pyridine rings is 1. The van der Waals surface area contributed by atoms with Crippen molar-refractivity contribution in [3.63, 3.8) is 0 Å². The molecule has 0 aliphatic heterocycles. The maximum Gasteiger partial charge on any atom is 0.251 e. The number of nitrogens with zero attached hydrogens (tertiary/aromatic N) is 1. The summed E-state index contributed by atoms with van der Waals surface area (Å²) in [5, 5.41) is 7.00. The molecule has 5 heteroatoms. The molecular weight excluding hydrogens is 270 g/mol. The Balaban J connectivity index is 2.02. The monoisotopic (exact) mass is 293 g/mol. The Hall–Kier alpha value is -1.23. The van der Waals surface area contributed by atoms with Gasteiger partial charge in [0, 0.05) is 29.1 Å². The minimum Gasteiger partial charge on any atom is -0.370 e. The van der Waals surface area contributed by atoms with Crippen LogP contribution in [-0.4, -0.2) is 35.0 Å². The molecule has 2 N–H and O–H groups in total. The van der Waals surface area contributed by atoms with Gasteiger partial charge in [-0.2, -0.15) is 11.8 Å². The molecule has 2 atom stereocenters. The van der Waals surface area contributed by atoms with Gasteiger partial charge in [0.05, 0.1) is 0 Å². The van der Waals surface area contributed by atoms with Gasteiger partial charge in [-0.25, -0.2) is 4.98 Å². The molecule has 20 heavy (non-hydrogen) atoms. The molecule has 110 valence electrons. The number of aryl methyl sites for hydroxylation is 1. The number of amides is 1. The zero-order valence-corrected chi connectivity index (χ0v) is 13.2. The molecule has 0 spiro atoms. The molecule has 1 amide bonds. The van der Waals surface area contributed by atoms with E-state index in [1.54, 1.807) is 0 Å². The van der Waals surface area contributed by atoms with Crippen LogP contribution in [0.2, 0.25) is 0 Å². The van der Waals surface area contributed by atoms with Crippen LogP contribution >= 0.6 is 11.8 Å². The third-order valence-electron chi connectivity index (χ3n) is 3.63. The number of carbonyl (C=O) groups excluding carboxylic acids is 1. The standard InChI is InChI=1S/C15H23N3OS/c1-4-16-14-8-11(7-10(2)17-14)15(19)18-12-5-6-13(9-12)20-3/h7-8,12-13H,4-6,9H2,1-3H3,(H,16,17)(H,18,19). The number of hydrogen-bond acceptors (Lipinski definition) is 4. The average molecular weight is 293 g/mol. The molecule has 1 fully saturated rings. The van der Waals surface area contributed by atoms with Gasteiger partial charge in [0.2, 0.25) is 0 Å². The van der Waals surface area contributed by atoms with Gasteiger partial charge in [0.25, 0.3) is 5.91 Å². The van der Waals surface area contributed by atoms with E-state index in [1.807, 2.05) is 37.7 Å². The van der Waals surface area contributed by atoms with E-state index in [-0.39, 0.29) is 5.91 Å². The van der Waals surface area contributed by atoms with E-state index in [4.69, 9.17) is 0 Å². The summed E-state index contributed by atoms with van der Waals surface area (Å²) in [5.74, 6) is 0.785. The maximum absolute atomic E-state index is 12.3. The molecule has 1 aromatic heterocycles. The lowest BCUT2D eigenvalue weighted by atomic mass is 10.2. The van der Waals surface area contributed by atoms with E-state index in [0.717, 1.165) is 30.9 Å². The Bertz CT molecular complexity index is 478. The van der Waals surface area contributed by atoms with Gasteiger partial charge in [0.15, 0.2) is 0 Å². The van der Waals surface area contributed by atoms with Crippen LogP contribution in [0.4, 0.5) is 5.82 Å². The smallest absolute Gasteiger partial charge is 0.251 e. The van der Waals surface area contributed by atoms with Gasteiger partial charge in [0.1, 0.15) is 5.82 Å². The van der Waals surface area contributed by atoms with Crippen molar-refractivity contribution in [3.05, 3.63) is 23.4 Å². The normalized spacial score (nSPS) is 21.8. The molecular formula is C15H23N3OS. The molecule has 2 unspecified atom stereocenters. The van der Waals surface area contributed by atoms with Crippen LogP contribution in [-0.2, 0) is 0 Å². The van der Waals surface area contributed by atoms with Gasteiger partial charge < -0.3 is 10.6 Å². The molecule has 1 aliphatic carbocycles. The van der Waals surface area contributed by atoms with E-state index in [0.29, 0.717) is 16.9 Å². The molecule has 1 aliphatic rings. The number of rotatable bonds is 5.